The molecule has 0 aromatic carbocycles. The minimum absolute atomic E-state index is 0.0975. The fraction of sp³-hybridized carbons (Fsp3) is 0.533. The van der Waals surface area contributed by atoms with E-state index in [9.17, 15) is 4.79 Å². The lowest BCUT2D eigenvalue weighted by molar-refractivity contribution is -0.129. The SMILES string of the molecule is CN(Cc1cc(C#CCCO)cs1)C(=O)C1CCCS1. The van der Waals surface area contributed by atoms with E-state index < -0.39 is 0 Å². The summed E-state index contributed by atoms with van der Waals surface area (Å²) in [5.41, 5.74) is 0.967. The Balaban J connectivity index is 1.89. The van der Waals surface area contributed by atoms with Crippen LogP contribution >= 0.6 is 23.1 Å². The molecule has 1 unspecified atom stereocenters. The summed E-state index contributed by atoms with van der Waals surface area (Å²) in [4.78, 5) is 15.2. The van der Waals surface area contributed by atoms with E-state index in [4.69, 9.17) is 5.11 Å². The van der Waals surface area contributed by atoms with Crippen LogP contribution in [0.15, 0.2) is 11.4 Å². The van der Waals surface area contributed by atoms with Crippen LogP contribution in [0.5, 0.6) is 0 Å². The maximum Gasteiger partial charge on any atom is 0.235 e. The number of thiophene rings is 1. The molecule has 1 fully saturated rings. The lowest BCUT2D eigenvalue weighted by atomic mass is 10.2. The Morgan fingerprint density at radius 2 is 2.45 bits per heavy atom. The summed E-state index contributed by atoms with van der Waals surface area (Å²) in [5, 5.41) is 10.8. The van der Waals surface area contributed by atoms with Crippen LogP contribution in [0.3, 0.4) is 0 Å². The topological polar surface area (TPSA) is 40.5 Å². The first-order valence-electron chi connectivity index (χ1n) is 6.74. The van der Waals surface area contributed by atoms with Gasteiger partial charge < -0.3 is 10.0 Å². The van der Waals surface area contributed by atoms with Gasteiger partial charge >= 0.3 is 0 Å². The molecule has 1 aliphatic heterocycles. The normalized spacial score (nSPS) is 17.6. The Hall–Kier alpha value is -0.960. The lowest BCUT2D eigenvalue weighted by Crippen LogP contribution is -2.32. The lowest BCUT2D eigenvalue weighted by Gasteiger charge is -2.19. The molecule has 1 atom stereocenters. The van der Waals surface area contributed by atoms with Crippen LogP contribution in [0.1, 0.15) is 29.7 Å². The van der Waals surface area contributed by atoms with Gasteiger partial charge in [0.2, 0.25) is 5.91 Å². The number of thioether (sulfide) groups is 1. The van der Waals surface area contributed by atoms with Gasteiger partial charge in [-0.05, 0) is 24.7 Å². The number of hydrogen-bond donors (Lipinski definition) is 1. The number of amides is 1. The van der Waals surface area contributed by atoms with E-state index in [1.807, 2.05) is 23.4 Å². The zero-order chi connectivity index (χ0) is 14.4. The van der Waals surface area contributed by atoms with E-state index in [2.05, 4.69) is 11.8 Å². The molecular weight excluding hydrogens is 290 g/mol. The van der Waals surface area contributed by atoms with Crippen LogP contribution in [0.2, 0.25) is 0 Å². The molecule has 1 aliphatic rings. The maximum absolute atomic E-state index is 12.2. The van der Waals surface area contributed by atoms with Crippen LogP contribution < -0.4 is 0 Å². The van der Waals surface area contributed by atoms with Crippen molar-refractivity contribution in [3.05, 3.63) is 21.9 Å². The van der Waals surface area contributed by atoms with E-state index in [0.29, 0.717) is 13.0 Å². The third-order valence-corrected chi connectivity index (χ3v) is 5.38. The molecule has 0 bridgehead atoms. The first-order chi connectivity index (χ1) is 9.70. The van der Waals surface area contributed by atoms with Gasteiger partial charge in [-0.2, -0.15) is 0 Å². The Bertz CT molecular complexity index is 509. The van der Waals surface area contributed by atoms with Gasteiger partial charge in [-0.3, -0.25) is 4.79 Å². The Kier molecular flexibility index (Phi) is 5.96. The van der Waals surface area contributed by atoms with Crippen LogP contribution in [0.4, 0.5) is 0 Å². The second-order valence-corrected chi connectivity index (χ2v) is 7.08. The molecule has 1 saturated heterocycles. The number of rotatable bonds is 4. The van der Waals surface area contributed by atoms with E-state index in [1.165, 1.54) is 0 Å². The number of carbonyl (C=O) groups is 1. The Morgan fingerprint density at radius 1 is 1.60 bits per heavy atom. The molecule has 0 spiro atoms. The average Bonchev–Trinajstić information content (AvgIpc) is 3.09. The van der Waals surface area contributed by atoms with Gasteiger partial charge in [0.25, 0.3) is 0 Å². The summed E-state index contributed by atoms with van der Waals surface area (Å²) < 4.78 is 0. The van der Waals surface area contributed by atoms with Gasteiger partial charge in [-0.25, -0.2) is 0 Å². The van der Waals surface area contributed by atoms with Crippen molar-refractivity contribution < 1.29 is 9.90 Å². The molecule has 1 N–H and O–H groups in total. The van der Waals surface area contributed by atoms with Crippen molar-refractivity contribution in [2.45, 2.75) is 31.1 Å². The van der Waals surface area contributed by atoms with Gasteiger partial charge in [0.05, 0.1) is 18.4 Å². The van der Waals surface area contributed by atoms with Crippen LogP contribution in [0.25, 0.3) is 0 Å². The second kappa shape index (κ2) is 7.72. The first-order valence-corrected chi connectivity index (χ1v) is 8.67. The zero-order valence-corrected chi connectivity index (χ0v) is 13.2. The van der Waals surface area contributed by atoms with Gasteiger partial charge in [0.1, 0.15) is 0 Å². The molecule has 2 rings (SSSR count). The molecule has 0 saturated carbocycles. The molecule has 2 heterocycles. The third-order valence-electron chi connectivity index (χ3n) is 3.10. The van der Waals surface area contributed by atoms with Crippen molar-refractivity contribution in [2.24, 2.45) is 0 Å². The number of aliphatic hydroxyl groups is 1. The summed E-state index contributed by atoms with van der Waals surface area (Å²) in [6.07, 6.45) is 2.66. The quantitative estimate of drug-likeness (QED) is 0.868. The molecule has 1 aromatic heterocycles. The number of carbonyl (C=O) groups excluding carboxylic acids is 1. The summed E-state index contributed by atoms with van der Waals surface area (Å²) in [6.45, 7) is 0.753. The van der Waals surface area contributed by atoms with Crippen molar-refractivity contribution in [1.82, 2.24) is 4.90 Å². The van der Waals surface area contributed by atoms with Gasteiger partial charge in [0, 0.05) is 29.3 Å². The maximum atomic E-state index is 12.2. The summed E-state index contributed by atoms with van der Waals surface area (Å²) in [7, 11) is 1.87. The minimum atomic E-state index is 0.0975. The molecule has 1 amide bonds. The van der Waals surface area contributed by atoms with Crippen molar-refractivity contribution in [3.63, 3.8) is 0 Å². The van der Waals surface area contributed by atoms with Crippen molar-refractivity contribution in [2.75, 3.05) is 19.4 Å². The minimum Gasteiger partial charge on any atom is -0.395 e. The van der Waals surface area contributed by atoms with Crippen LogP contribution in [0, 0.1) is 11.8 Å². The van der Waals surface area contributed by atoms with Gasteiger partial charge in [-0.15, -0.1) is 23.1 Å². The summed E-state index contributed by atoms with van der Waals surface area (Å²) >= 11 is 3.40. The Labute approximate surface area is 128 Å². The highest BCUT2D eigenvalue weighted by molar-refractivity contribution is 8.00. The number of aliphatic hydroxyl groups excluding tert-OH is 1. The standard InChI is InChI=1S/C15H19NO2S2/c1-16(15(18)14-6-4-8-19-14)10-13-9-12(11-20-13)5-2-3-7-17/h9,11,14,17H,3-4,6-8,10H2,1H3. The molecule has 20 heavy (non-hydrogen) atoms. The van der Waals surface area contributed by atoms with Crippen LogP contribution in [-0.4, -0.2) is 40.6 Å². The highest BCUT2D eigenvalue weighted by Gasteiger charge is 2.26. The number of nitrogens with zero attached hydrogens (tertiary/aromatic N) is 1. The second-order valence-electron chi connectivity index (χ2n) is 4.77. The summed E-state index contributed by atoms with van der Waals surface area (Å²) in [6, 6.07) is 2.03. The van der Waals surface area contributed by atoms with Crippen molar-refractivity contribution in [3.8, 4) is 11.8 Å². The predicted molar refractivity (Wildman–Crippen MR) is 84.9 cm³/mol. The zero-order valence-electron chi connectivity index (χ0n) is 11.6. The molecule has 0 radical (unpaired) electrons. The molecular formula is C15H19NO2S2. The molecule has 108 valence electrons. The highest BCUT2D eigenvalue weighted by Crippen LogP contribution is 2.28. The third kappa shape index (κ3) is 4.27. The molecule has 3 nitrogen and oxygen atoms in total. The predicted octanol–water partition coefficient (Wildman–Crippen LogP) is 2.34. The van der Waals surface area contributed by atoms with Gasteiger partial charge in [0.15, 0.2) is 0 Å². The number of hydrogen-bond acceptors (Lipinski definition) is 4. The van der Waals surface area contributed by atoms with Crippen LogP contribution in [-0.2, 0) is 11.3 Å². The van der Waals surface area contributed by atoms with E-state index in [1.54, 1.807) is 23.1 Å². The van der Waals surface area contributed by atoms with E-state index >= 15 is 0 Å². The fourth-order valence-corrected chi connectivity index (χ4v) is 4.22. The summed E-state index contributed by atoms with van der Waals surface area (Å²) in [5.74, 6) is 7.27. The molecule has 0 aliphatic carbocycles. The van der Waals surface area contributed by atoms with E-state index in [-0.39, 0.29) is 17.8 Å². The molecule has 1 aromatic rings. The smallest absolute Gasteiger partial charge is 0.235 e. The Morgan fingerprint density at radius 3 is 3.15 bits per heavy atom. The van der Waals surface area contributed by atoms with E-state index in [0.717, 1.165) is 29.0 Å². The first kappa shape index (κ1) is 15.4. The highest BCUT2D eigenvalue weighted by atomic mass is 32.2. The molecule has 5 heteroatoms. The average molecular weight is 309 g/mol. The van der Waals surface area contributed by atoms with Crippen molar-refractivity contribution >= 4 is 29.0 Å². The van der Waals surface area contributed by atoms with Crippen molar-refractivity contribution in [1.29, 1.82) is 0 Å². The largest absolute Gasteiger partial charge is 0.395 e. The van der Waals surface area contributed by atoms with Gasteiger partial charge in [-0.1, -0.05) is 11.8 Å². The monoisotopic (exact) mass is 309 g/mol. The fourth-order valence-electron chi connectivity index (χ4n) is 2.08.